The predicted octanol–water partition coefficient (Wildman–Crippen LogP) is 2.66. The van der Waals surface area contributed by atoms with Crippen LogP contribution in [0.2, 0.25) is 0 Å². The number of benzene rings is 1. The van der Waals surface area contributed by atoms with Gasteiger partial charge < -0.3 is 15.1 Å². The molecule has 0 spiro atoms. The van der Waals surface area contributed by atoms with Gasteiger partial charge in [-0.05, 0) is 51.2 Å². The Morgan fingerprint density at radius 1 is 1.28 bits per heavy atom. The number of rotatable bonds is 4. The third kappa shape index (κ3) is 3.95. The number of aryl methyl sites for hydroxylation is 1. The molecule has 2 amide bonds. The number of nitrogens with zero attached hydrogens (tertiary/aromatic N) is 2. The van der Waals surface area contributed by atoms with Crippen molar-refractivity contribution in [2.24, 2.45) is 0 Å². The fourth-order valence-electron chi connectivity index (χ4n) is 3.68. The van der Waals surface area contributed by atoms with Crippen molar-refractivity contribution in [3.8, 4) is 0 Å². The van der Waals surface area contributed by atoms with Crippen LogP contribution in [0.1, 0.15) is 50.8 Å². The van der Waals surface area contributed by atoms with Gasteiger partial charge in [-0.1, -0.05) is 24.3 Å². The maximum atomic E-state index is 13.0. The Bertz CT molecular complexity index is 639. The van der Waals surface area contributed by atoms with Gasteiger partial charge in [0.25, 0.3) is 0 Å². The van der Waals surface area contributed by atoms with E-state index in [4.69, 9.17) is 0 Å². The second-order valence-corrected chi connectivity index (χ2v) is 7.58. The van der Waals surface area contributed by atoms with Gasteiger partial charge in [0.2, 0.25) is 5.91 Å². The van der Waals surface area contributed by atoms with E-state index >= 15 is 0 Å². The highest BCUT2D eigenvalue weighted by molar-refractivity contribution is 5.86. The zero-order valence-electron chi connectivity index (χ0n) is 15.4. The summed E-state index contributed by atoms with van der Waals surface area (Å²) in [4.78, 5) is 27.4. The number of carboxylic acid groups (broad SMARTS) is 1. The molecule has 25 heavy (non-hydrogen) atoms. The van der Waals surface area contributed by atoms with Crippen molar-refractivity contribution in [2.45, 2.75) is 57.7 Å². The Labute approximate surface area is 149 Å². The molecule has 1 aromatic carbocycles. The number of aliphatic hydroxyl groups excluding tert-OH is 1. The fourth-order valence-corrected chi connectivity index (χ4v) is 3.68. The molecule has 0 aliphatic heterocycles. The third-order valence-electron chi connectivity index (χ3n) is 4.85. The molecule has 0 bridgehead atoms. The Balaban J connectivity index is 2.31. The quantitative estimate of drug-likeness (QED) is 0.876. The normalized spacial score (nSPS) is 18.2. The molecule has 2 N–H and O–H groups in total. The van der Waals surface area contributed by atoms with Crippen LogP contribution < -0.4 is 0 Å². The molecular weight excluding hydrogens is 320 g/mol. The molecule has 0 unspecified atom stereocenters. The van der Waals surface area contributed by atoms with Gasteiger partial charge in [0.05, 0.1) is 12.6 Å². The van der Waals surface area contributed by atoms with Crippen LogP contribution in [0.3, 0.4) is 0 Å². The zero-order chi connectivity index (χ0) is 18.8. The van der Waals surface area contributed by atoms with Crippen LogP contribution in [-0.2, 0) is 11.2 Å². The number of hydrogen-bond acceptors (Lipinski definition) is 3. The van der Waals surface area contributed by atoms with E-state index in [-0.39, 0.29) is 11.9 Å². The second kappa shape index (κ2) is 7.44. The number of fused-ring (bicyclic) bond motifs is 1. The topological polar surface area (TPSA) is 81.1 Å². The molecule has 1 aliphatic rings. The Hall–Kier alpha value is -2.08. The number of aliphatic hydroxyl groups is 1. The van der Waals surface area contributed by atoms with Crippen LogP contribution in [0, 0.1) is 0 Å². The van der Waals surface area contributed by atoms with Gasteiger partial charge in [0.1, 0.15) is 6.04 Å². The zero-order valence-corrected chi connectivity index (χ0v) is 15.4. The first-order valence-corrected chi connectivity index (χ1v) is 8.66. The van der Waals surface area contributed by atoms with E-state index in [0.717, 1.165) is 29.7 Å². The molecule has 138 valence electrons. The van der Waals surface area contributed by atoms with Crippen molar-refractivity contribution in [1.82, 2.24) is 9.80 Å². The predicted molar refractivity (Wildman–Crippen MR) is 95.4 cm³/mol. The smallest absolute Gasteiger partial charge is 0.408 e. The molecule has 1 aliphatic carbocycles. The largest absolute Gasteiger partial charge is 0.465 e. The van der Waals surface area contributed by atoms with Gasteiger partial charge in [-0.2, -0.15) is 0 Å². The molecule has 0 saturated heterocycles. The molecule has 2 atom stereocenters. The molecule has 6 nitrogen and oxygen atoms in total. The summed E-state index contributed by atoms with van der Waals surface area (Å²) < 4.78 is 0. The van der Waals surface area contributed by atoms with Gasteiger partial charge in [0, 0.05) is 12.6 Å². The molecule has 0 heterocycles. The van der Waals surface area contributed by atoms with E-state index in [9.17, 15) is 19.8 Å². The number of amides is 2. The first-order valence-electron chi connectivity index (χ1n) is 8.66. The van der Waals surface area contributed by atoms with Gasteiger partial charge >= 0.3 is 6.09 Å². The SMILES string of the molecule is CN(C(=O)[C@H](CO)N(C(=O)O)C(C)(C)C)[C@@H]1CCCc2ccccc21. The molecule has 1 aromatic rings. The van der Waals surface area contributed by atoms with Crippen molar-refractivity contribution in [2.75, 3.05) is 13.7 Å². The molecule has 0 radical (unpaired) electrons. The summed E-state index contributed by atoms with van der Waals surface area (Å²) in [7, 11) is 1.69. The van der Waals surface area contributed by atoms with Crippen LogP contribution in [0.25, 0.3) is 0 Å². The minimum Gasteiger partial charge on any atom is -0.465 e. The van der Waals surface area contributed by atoms with Crippen molar-refractivity contribution in [3.05, 3.63) is 35.4 Å². The Morgan fingerprint density at radius 2 is 1.92 bits per heavy atom. The van der Waals surface area contributed by atoms with Crippen LogP contribution in [-0.4, -0.2) is 57.2 Å². The average molecular weight is 348 g/mol. The molecule has 0 saturated carbocycles. The maximum Gasteiger partial charge on any atom is 0.408 e. The van der Waals surface area contributed by atoms with E-state index in [1.165, 1.54) is 5.56 Å². The summed E-state index contributed by atoms with van der Waals surface area (Å²) in [5.41, 5.74) is 1.55. The molecule has 2 rings (SSSR count). The highest BCUT2D eigenvalue weighted by Crippen LogP contribution is 2.34. The average Bonchev–Trinajstić information content (AvgIpc) is 2.56. The molecule has 6 heteroatoms. The Kier molecular flexibility index (Phi) is 5.72. The van der Waals surface area contributed by atoms with E-state index in [1.807, 2.05) is 18.2 Å². The summed E-state index contributed by atoms with van der Waals surface area (Å²) in [6.45, 7) is 4.61. The lowest BCUT2D eigenvalue weighted by Crippen LogP contribution is -2.58. The lowest BCUT2D eigenvalue weighted by atomic mass is 9.86. The van der Waals surface area contributed by atoms with E-state index in [0.29, 0.717) is 0 Å². The maximum absolute atomic E-state index is 13.0. The number of likely N-dealkylation sites (N-methyl/N-ethyl adjacent to an activating group) is 1. The van der Waals surface area contributed by atoms with Gasteiger partial charge in [-0.3, -0.25) is 9.69 Å². The second-order valence-electron chi connectivity index (χ2n) is 7.58. The third-order valence-corrected chi connectivity index (χ3v) is 4.85. The number of carbonyl (C=O) groups excluding carboxylic acids is 1. The van der Waals surface area contributed by atoms with Crippen LogP contribution in [0.15, 0.2) is 24.3 Å². The number of hydrogen-bond donors (Lipinski definition) is 2. The highest BCUT2D eigenvalue weighted by atomic mass is 16.4. The molecule has 0 aromatic heterocycles. The van der Waals surface area contributed by atoms with E-state index in [2.05, 4.69) is 6.07 Å². The highest BCUT2D eigenvalue weighted by Gasteiger charge is 2.40. The summed E-state index contributed by atoms with van der Waals surface area (Å²) in [5, 5.41) is 19.3. The van der Waals surface area contributed by atoms with Gasteiger partial charge in [0.15, 0.2) is 0 Å². The lowest BCUT2D eigenvalue weighted by Gasteiger charge is -2.41. The first-order chi connectivity index (χ1) is 11.7. The van der Waals surface area contributed by atoms with Gasteiger partial charge in [-0.25, -0.2) is 4.79 Å². The fraction of sp³-hybridized carbons (Fsp3) is 0.579. The number of carbonyl (C=O) groups is 2. The van der Waals surface area contributed by atoms with Crippen molar-refractivity contribution in [3.63, 3.8) is 0 Å². The summed E-state index contributed by atoms with van der Waals surface area (Å²) >= 11 is 0. The first kappa shape index (κ1) is 19.2. The monoisotopic (exact) mass is 348 g/mol. The van der Waals surface area contributed by atoms with E-state index in [1.54, 1.807) is 32.7 Å². The van der Waals surface area contributed by atoms with Crippen LogP contribution in [0.5, 0.6) is 0 Å². The minimum absolute atomic E-state index is 0.0953. The van der Waals surface area contributed by atoms with Crippen molar-refractivity contribution < 1.29 is 19.8 Å². The van der Waals surface area contributed by atoms with Crippen LogP contribution in [0.4, 0.5) is 4.79 Å². The Morgan fingerprint density at radius 3 is 2.48 bits per heavy atom. The van der Waals surface area contributed by atoms with Crippen molar-refractivity contribution >= 4 is 12.0 Å². The summed E-state index contributed by atoms with van der Waals surface area (Å²) in [5.74, 6) is -0.374. The summed E-state index contributed by atoms with van der Waals surface area (Å²) in [6, 6.07) is 6.83. The van der Waals surface area contributed by atoms with E-state index < -0.39 is 24.3 Å². The van der Waals surface area contributed by atoms with Crippen molar-refractivity contribution in [1.29, 1.82) is 0 Å². The minimum atomic E-state index is -1.21. The lowest BCUT2D eigenvalue weighted by molar-refractivity contribution is -0.141. The molecular formula is C19H28N2O4. The standard InChI is InChI=1S/C19H28N2O4/c1-19(2,3)21(18(24)25)16(12-22)17(23)20(4)15-11-7-9-13-8-5-6-10-14(13)15/h5-6,8,10,15-16,22H,7,9,11-12H2,1-4H3,(H,24,25)/t15-,16+/m1/s1. The van der Waals surface area contributed by atoms with Crippen LogP contribution >= 0.6 is 0 Å². The molecule has 0 fully saturated rings. The van der Waals surface area contributed by atoms with Gasteiger partial charge in [-0.15, -0.1) is 0 Å². The summed E-state index contributed by atoms with van der Waals surface area (Å²) in [6.07, 6.45) is 1.59.